The molecule has 49 heavy (non-hydrogen) atoms. The van der Waals surface area contributed by atoms with Crippen molar-refractivity contribution in [3.05, 3.63) is 165 Å². The van der Waals surface area contributed by atoms with E-state index in [9.17, 15) is 4.39 Å². The number of nitrogens with zero attached hydrogens (tertiary/aromatic N) is 1. The average molecular weight is 783 g/mol. The molecular weight excluding hydrogens is 752 g/mol. The van der Waals surface area contributed by atoms with Gasteiger partial charge in [-0.25, -0.2) is 0 Å². The molecule has 0 atom stereocenters. The molecule has 0 bridgehead atoms. The fourth-order valence-corrected chi connectivity index (χ4v) is 8.81. The third-order valence-corrected chi connectivity index (χ3v) is 10.8. The predicted octanol–water partition coefficient (Wildman–Crippen LogP) is 13.4. The zero-order chi connectivity index (χ0) is 34.8. The van der Waals surface area contributed by atoms with Gasteiger partial charge in [0.25, 0.3) is 0 Å². The van der Waals surface area contributed by atoms with Crippen LogP contribution in [-0.4, -0.2) is 14.8 Å². The molecule has 8 aromatic rings. The van der Waals surface area contributed by atoms with E-state index >= 15 is 0 Å². The average Bonchev–Trinajstić information content (AvgIpc) is 3.72. The SMILES string of the molecule is Brc1cc2c(c3ccccc13)-c1c(cc(Br)c3ccccc13)C2.[2H]CF.[B]=NS.c1ccc2c3c(ccc2c1)Cc1ccc2ccccc2c1-3. The summed E-state index contributed by atoms with van der Waals surface area (Å²) in [5.41, 5.74) is 11.4. The molecule has 1 radical (unpaired) electrons. The number of thiol groups is 1. The molecule has 0 N–H and O–H groups in total. The van der Waals surface area contributed by atoms with Crippen LogP contribution in [0.3, 0.4) is 0 Å². The molecule has 2 aliphatic rings. The molecule has 0 aromatic heterocycles. The van der Waals surface area contributed by atoms with Gasteiger partial charge in [-0.2, -0.15) is 0 Å². The normalized spacial score (nSPS) is 11.9. The summed E-state index contributed by atoms with van der Waals surface area (Å²) in [6.07, 6.45) is 2.05. The van der Waals surface area contributed by atoms with Crippen molar-refractivity contribution in [1.29, 1.82) is 0 Å². The smallest absolute Gasteiger partial charge is 0.00130 e. The van der Waals surface area contributed by atoms with Gasteiger partial charge in [0.2, 0.25) is 0 Å². The Bertz CT molecular complexity index is 2400. The summed E-state index contributed by atoms with van der Waals surface area (Å²) in [6.45, 7) is 0. The fraction of sp³-hybridized carbons (Fsp3) is 0.0698. The van der Waals surface area contributed by atoms with Crippen molar-refractivity contribution in [3.63, 3.8) is 0 Å². The van der Waals surface area contributed by atoms with Crippen LogP contribution in [-0.2, 0) is 12.8 Å². The molecule has 0 aliphatic heterocycles. The van der Waals surface area contributed by atoms with Crippen LogP contribution < -0.4 is 0 Å². The van der Waals surface area contributed by atoms with Crippen molar-refractivity contribution in [2.45, 2.75) is 12.8 Å². The van der Waals surface area contributed by atoms with Gasteiger partial charge in [0.15, 0.2) is 0 Å². The van der Waals surface area contributed by atoms with Gasteiger partial charge in [0.05, 0.1) is 8.52 Å². The summed E-state index contributed by atoms with van der Waals surface area (Å²) < 4.78 is 20.6. The third kappa shape index (κ3) is 5.94. The maximum Gasteiger partial charge on any atom is -0.00130 e. The van der Waals surface area contributed by atoms with Crippen LogP contribution in [0.15, 0.2) is 147 Å². The maximum atomic E-state index is 9.96. The van der Waals surface area contributed by atoms with E-state index in [1.54, 1.807) is 0 Å². The van der Waals surface area contributed by atoms with E-state index < -0.39 is 7.15 Å². The van der Waals surface area contributed by atoms with Gasteiger partial charge in [-0.15, -0.1) is 0 Å². The number of hydrogen-bond donors (Lipinski definition) is 1. The summed E-state index contributed by atoms with van der Waals surface area (Å²) in [4.78, 5) is 0. The van der Waals surface area contributed by atoms with E-state index in [2.05, 4.69) is 190 Å². The Labute approximate surface area is 310 Å². The van der Waals surface area contributed by atoms with E-state index in [-0.39, 0.29) is 0 Å². The summed E-state index contributed by atoms with van der Waals surface area (Å²) >= 11 is 10.7. The van der Waals surface area contributed by atoms with Crippen molar-refractivity contribution >= 4 is 95.4 Å². The van der Waals surface area contributed by atoms with Crippen LogP contribution in [0.5, 0.6) is 0 Å². The van der Waals surface area contributed by atoms with Crippen LogP contribution >= 0.6 is 44.7 Å². The molecule has 0 saturated carbocycles. The largest absolute Gasteiger partial charge is 0.0616 e. The minimum atomic E-state index is -1.00. The number of benzene rings is 8. The minimum Gasteiger partial charge on any atom is -0.0616 e. The van der Waals surface area contributed by atoms with E-state index in [0.29, 0.717) is 0 Å². The van der Waals surface area contributed by atoms with Crippen molar-refractivity contribution in [3.8, 4) is 22.3 Å². The zero-order valence-corrected chi connectivity index (χ0v) is 30.5. The molecule has 0 spiro atoms. The van der Waals surface area contributed by atoms with Gasteiger partial charge in [-0.1, -0.05) is 153 Å². The van der Waals surface area contributed by atoms with Crippen LogP contribution in [0, 0.1) is 0 Å². The number of fused-ring (bicyclic) bond motifs is 14. The second kappa shape index (κ2) is 14.4. The van der Waals surface area contributed by atoms with E-state index in [0.717, 1.165) is 12.8 Å². The number of hydrogen-bond acceptors (Lipinski definition) is 2. The molecule has 2 aliphatic carbocycles. The van der Waals surface area contributed by atoms with Crippen molar-refractivity contribution in [2.24, 2.45) is 4.30 Å². The van der Waals surface area contributed by atoms with Crippen molar-refractivity contribution in [1.82, 2.24) is 0 Å². The van der Waals surface area contributed by atoms with Gasteiger partial charge in [0, 0.05) is 8.95 Å². The molecule has 0 fully saturated rings. The van der Waals surface area contributed by atoms with Crippen LogP contribution in [0.25, 0.3) is 65.3 Å². The van der Waals surface area contributed by atoms with Crippen LogP contribution in [0.2, 0.25) is 0 Å². The standard InChI is InChI=1S/C21H12Br2.C21H14.CH3F.BHNS/c22-18-10-12-9-13-11-19(23)15-6-2-4-8-17(15)21(13)20(12)16-7-3-1-5-14(16)18;1-3-7-18-14(5-1)9-11-16-13-17-12-10-15-6-2-4-8-19(15)21(17)20(16)18;1-2;1-2-3/h1-8,10-11H,9H2;1-12H,13H2;1H3;3H/i;;1D;. The monoisotopic (exact) mass is 781 g/mol. The Hall–Kier alpha value is -4.10. The van der Waals surface area contributed by atoms with Gasteiger partial charge in [-0.05, 0) is 113 Å². The van der Waals surface area contributed by atoms with Crippen molar-refractivity contribution < 1.29 is 5.76 Å². The van der Waals surface area contributed by atoms with E-state index in [1.807, 2.05) is 0 Å². The van der Waals surface area contributed by atoms with Crippen molar-refractivity contribution in [2.75, 3.05) is 7.15 Å². The molecular formula is C43H30BBr2FNS. The fourth-order valence-electron chi connectivity index (χ4n) is 7.57. The Morgan fingerprint density at radius 3 is 1.24 bits per heavy atom. The Balaban J connectivity index is 0.000000136. The second-order valence-corrected chi connectivity index (χ2v) is 13.9. The molecule has 0 amide bonds. The molecule has 237 valence electrons. The first-order valence-electron chi connectivity index (χ1n) is 16.5. The Morgan fingerprint density at radius 2 is 0.837 bits per heavy atom. The summed E-state index contributed by atoms with van der Waals surface area (Å²) in [5, 5.41) is 10.7. The zero-order valence-electron chi connectivity index (χ0n) is 27.4. The first kappa shape index (κ1) is 32.1. The van der Waals surface area contributed by atoms with E-state index in [4.69, 9.17) is 1.37 Å². The number of alkyl halides is 1. The molecule has 0 heterocycles. The summed E-state index contributed by atoms with van der Waals surface area (Å²) in [5.74, 6) is 0. The number of halogens is 3. The molecule has 6 heteroatoms. The Kier molecular flexibility index (Phi) is 9.45. The predicted molar refractivity (Wildman–Crippen MR) is 219 cm³/mol. The van der Waals surface area contributed by atoms with E-state index in [1.165, 1.54) is 96.5 Å². The molecule has 10 rings (SSSR count). The first-order chi connectivity index (χ1) is 24.5. The summed E-state index contributed by atoms with van der Waals surface area (Å²) in [6, 6.07) is 48.5. The molecule has 8 aromatic carbocycles. The topological polar surface area (TPSA) is 12.4 Å². The van der Waals surface area contributed by atoms with Gasteiger partial charge in [-0.3, -0.25) is 4.39 Å². The van der Waals surface area contributed by atoms with Gasteiger partial charge < -0.3 is 0 Å². The third-order valence-electron chi connectivity index (χ3n) is 9.44. The van der Waals surface area contributed by atoms with Crippen LogP contribution in [0.1, 0.15) is 23.6 Å². The second-order valence-electron chi connectivity index (χ2n) is 12.0. The quantitative estimate of drug-likeness (QED) is 0.116. The molecule has 1 nitrogen and oxygen atoms in total. The first-order valence-corrected chi connectivity index (χ1v) is 17.8. The summed E-state index contributed by atoms with van der Waals surface area (Å²) in [7, 11) is 3.34. The number of rotatable bonds is 0. The van der Waals surface area contributed by atoms with Gasteiger partial charge >= 0.3 is 24.8 Å². The Morgan fingerprint density at radius 1 is 0.531 bits per heavy atom. The van der Waals surface area contributed by atoms with Crippen LogP contribution in [0.4, 0.5) is 4.39 Å². The molecule has 0 unspecified atom stereocenters. The molecule has 0 saturated heterocycles. The maximum absolute atomic E-state index is 9.96. The minimum absolute atomic E-state index is 0.998. The van der Waals surface area contributed by atoms with Gasteiger partial charge in [0.1, 0.15) is 0 Å².